The van der Waals surface area contributed by atoms with Crippen LogP contribution in [0.4, 0.5) is 0 Å². The normalized spacial score (nSPS) is 11.5. The van der Waals surface area contributed by atoms with Crippen molar-refractivity contribution in [3.8, 4) is 11.5 Å². The van der Waals surface area contributed by atoms with Crippen LogP contribution in [0.1, 0.15) is 83.6 Å². The van der Waals surface area contributed by atoms with Crippen LogP contribution in [0.25, 0.3) is 6.08 Å². The van der Waals surface area contributed by atoms with E-state index in [4.69, 9.17) is 4.74 Å². The van der Waals surface area contributed by atoms with Crippen LogP contribution in [0.2, 0.25) is 0 Å². The number of hydrogen-bond donors (Lipinski definition) is 1. The summed E-state index contributed by atoms with van der Waals surface area (Å²) in [6.07, 6.45) is 18.3. The Hall–Kier alpha value is -2.03. The molecule has 0 aliphatic heterocycles. The van der Waals surface area contributed by atoms with Crippen molar-refractivity contribution in [3.63, 3.8) is 0 Å². The number of benzene rings is 1. The molecule has 1 aromatic rings. The van der Waals surface area contributed by atoms with Crippen LogP contribution in [0.5, 0.6) is 11.5 Å². The highest BCUT2D eigenvalue weighted by Gasteiger charge is 2.02. The Bertz CT molecular complexity index is 587. The molecule has 1 rings (SSSR count). The van der Waals surface area contributed by atoms with Gasteiger partial charge in [-0.2, -0.15) is 0 Å². The van der Waals surface area contributed by atoms with Crippen molar-refractivity contribution in [2.24, 2.45) is 0 Å². The number of carbonyl (C=O) groups excluding carboxylic acids is 1. The fourth-order valence-corrected chi connectivity index (χ4v) is 2.76. The number of aromatic hydroxyl groups is 1. The minimum absolute atomic E-state index is 0.146. The van der Waals surface area contributed by atoms with Gasteiger partial charge in [-0.05, 0) is 36.6 Å². The third-order valence-electron chi connectivity index (χ3n) is 4.45. The second-order valence-electron chi connectivity index (χ2n) is 6.99. The maximum absolute atomic E-state index is 11.8. The van der Waals surface area contributed by atoms with Gasteiger partial charge < -0.3 is 9.84 Å². The minimum atomic E-state index is 0.146. The number of unbranched alkanes of at least 4 members (excludes halogenated alkanes) is 7. The quantitative estimate of drug-likeness (QED) is 0.208. The van der Waals surface area contributed by atoms with Crippen LogP contribution in [-0.4, -0.2) is 17.5 Å². The lowest BCUT2D eigenvalue weighted by Gasteiger charge is -2.07. The van der Waals surface area contributed by atoms with E-state index in [-0.39, 0.29) is 11.5 Å². The van der Waals surface area contributed by atoms with Gasteiger partial charge in [-0.25, -0.2) is 0 Å². The molecule has 1 aromatic carbocycles. The van der Waals surface area contributed by atoms with Crippen molar-refractivity contribution >= 4 is 11.9 Å². The minimum Gasteiger partial charge on any atom is -0.504 e. The summed E-state index contributed by atoms with van der Waals surface area (Å²) >= 11 is 0. The zero-order valence-electron chi connectivity index (χ0n) is 17.1. The van der Waals surface area contributed by atoms with Crippen LogP contribution in [0.3, 0.4) is 0 Å². The summed E-state index contributed by atoms with van der Waals surface area (Å²) in [5, 5.41) is 9.99. The van der Waals surface area contributed by atoms with Gasteiger partial charge in [0.15, 0.2) is 17.3 Å². The molecule has 0 amide bonds. The largest absolute Gasteiger partial charge is 0.504 e. The molecule has 0 aliphatic rings. The Labute approximate surface area is 165 Å². The van der Waals surface area contributed by atoms with Crippen molar-refractivity contribution < 1.29 is 14.6 Å². The number of ketones is 1. The second kappa shape index (κ2) is 15.1. The van der Waals surface area contributed by atoms with Crippen molar-refractivity contribution in [3.05, 3.63) is 42.0 Å². The molecule has 0 unspecified atom stereocenters. The lowest BCUT2D eigenvalue weighted by Crippen LogP contribution is -1.96. The standard InChI is InChI=1S/C24H36O3/c1-3-5-7-8-9-10-11-15-22(25)16-13-12-14-21-17-18-24(23(26)20-21)27-19-6-4-2/h12-14,16-18,20,26H,3-11,15,19H2,1-2H3. The highest BCUT2D eigenvalue weighted by Crippen LogP contribution is 2.27. The summed E-state index contributed by atoms with van der Waals surface area (Å²) < 4.78 is 5.53. The first-order valence-corrected chi connectivity index (χ1v) is 10.5. The topological polar surface area (TPSA) is 46.5 Å². The Balaban J connectivity index is 2.28. The fraction of sp³-hybridized carbons (Fsp3) is 0.542. The molecule has 0 spiro atoms. The van der Waals surface area contributed by atoms with E-state index in [1.165, 1.54) is 32.1 Å². The van der Waals surface area contributed by atoms with E-state index in [9.17, 15) is 9.90 Å². The highest BCUT2D eigenvalue weighted by atomic mass is 16.5. The molecule has 0 saturated carbocycles. The van der Waals surface area contributed by atoms with Crippen LogP contribution < -0.4 is 4.74 Å². The summed E-state index contributed by atoms with van der Waals surface area (Å²) in [6, 6.07) is 5.34. The molecule has 3 heteroatoms. The number of allylic oxidation sites excluding steroid dienone is 3. The Kier molecular flexibility index (Phi) is 12.8. The Morgan fingerprint density at radius 3 is 2.37 bits per heavy atom. The van der Waals surface area contributed by atoms with Gasteiger partial charge in [0.1, 0.15) is 0 Å². The Morgan fingerprint density at radius 1 is 0.963 bits per heavy atom. The molecule has 0 bridgehead atoms. The highest BCUT2D eigenvalue weighted by molar-refractivity contribution is 5.89. The van der Waals surface area contributed by atoms with Crippen LogP contribution in [-0.2, 0) is 4.79 Å². The molecule has 150 valence electrons. The lowest BCUT2D eigenvalue weighted by atomic mass is 10.1. The molecular formula is C24H36O3. The monoisotopic (exact) mass is 372 g/mol. The number of ether oxygens (including phenoxy) is 1. The molecule has 0 aliphatic carbocycles. The average molecular weight is 373 g/mol. The van der Waals surface area contributed by atoms with E-state index in [0.29, 0.717) is 18.8 Å². The molecule has 0 radical (unpaired) electrons. The number of rotatable bonds is 15. The Morgan fingerprint density at radius 2 is 1.67 bits per heavy atom. The van der Waals surface area contributed by atoms with Gasteiger partial charge in [0, 0.05) is 6.42 Å². The summed E-state index contributed by atoms with van der Waals surface area (Å²) in [5.41, 5.74) is 0.875. The van der Waals surface area contributed by atoms with Crippen LogP contribution in [0.15, 0.2) is 36.4 Å². The van der Waals surface area contributed by atoms with Gasteiger partial charge in [-0.15, -0.1) is 0 Å². The van der Waals surface area contributed by atoms with E-state index in [1.54, 1.807) is 24.3 Å². The van der Waals surface area contributed by atoms with E-state index in [2.05, 4.69) is 13.8 Å². The molecule has 1 N–H and O–H groups in total. The fourth-order valence-electron chi connectivity index (χ4n) is 2.76. The molecule has 0 saturated heterocycles. The first kappa shape index (κ1) is 23.0. The SMILES string of the molecule is CCCCCCCCCC(=O)C=CC=Cc1ccc(OCCCC)c(O)c1. The molecule has 27 heavy (non-hydrogen) atoms. The molecule has 0 aromatic heterocycles. The van der Waals surface area contributed by atoms with Crippen molar-refractivity contribution in [1.29, 1.82) is 0 Å². The number of phenols is 1. The van der Waals surface area contributed by atoms with Crippen molar-refractivity contribution in [2.45, 2.75) is 78.1 Å². The molecular weight excluding hydrogens is 336 g/mol. The third-order valence-corrected chi connectivity index (χ3v) is 4.45. The van der Waals surface area contributed by atoms with Gasteiger partial charge in [0.05, 0.1) is 6.61 Å². The van der Waals surface area contributed by atoms with Gasteiger partial charge in [0.2, 0.25) is 0 Å². The van der Waals surface area contributed by atoms with Crippen LogP contribution >= 0.6 is 0 Å². The maximum Gasteiger partial charge on any atom is 0.160 e. The first-order chi connectivity index (χ1) is 13.2. The van der Waals surface area contributed by atoms with Crippen molar-refractivity contribution in [2.75, 3.05) is 6.61 Å². The van der Waals surface area contributed by atoms with E-state index in [1.807, 2.05) is 18.2 Å². The summed E-state index contributed by atoms with van der Waals surface area (Å²) in [4.78, 5) is 11.8. The number of carbonyl (C=O) groups is 1. The predicted octanol–water partition coefficient (Wildman–Crippen LogP) is 6.85. The van der Waals surface area contributed by atoms with Gasteiger partial charge >= 0.3 is 0 Å². The number of hydrogen-bond acceptors (Lipinski definition) is 3. The second-order valence-corrected chi connectivity index (χ2v) is 6.99. The molecule has 0 atom stereocenters. The van der Waals surface area contributed by atoms with Gasteiger partial charge in [0.25, 0.3) is 0 Å². The van der Waals surface area contributed by atoms with E-state index in [0.717, 1.165) is 31.2 Å². The molecule has 0 heterocycles. The summed E-state index contributed by atoms with van der Waals surface area (Å²) in [7, 11) is 0. The van der Waals surface area contributed by atoms with Crippen LogP contribution in [0, 0.1) is 0 Å². The molecule has 3 nitrogen and oxygen atoms in total. The first-order valence-electron chi connectivity index (χ1n) is 10.5. The van der Waals surface area contributed by atoms with Gasteiger partial charge in [-0.3, -0.25) is 4.79 Å². The maximum atomic E-state index is 11.8. The van der Waals surface area contributed by atoms with Crippen molar-refractivity contribution in [1.82, 2.24) is 0 Å². The predicted molar refractivity (Wildman–Crippen MR) is 114 cm³/mol. The van der Waals surface area contributed by atoms with E-state index >= 15 is 0 Å². The van der Waals surface area contributed by atoms with Gasteiger partial charge in [-0.1, -0.05) is 83.1 Å². The smallest absolute Gasteiger partial charge is 0.160 e. The summed E-state index contributed by atoms with van der Waals surface area (Å²) in [6.45, 7) is 4.94. The zero-order chi connectivity index (χ0) is 19.7. The third kappa shape index (κ3) is 11.3. The average Bonchev–Trinajstić information content (AvgIpc) is 2.66. The molecule has 0 fully saturated rings. The van der Waals surface area contributed by atoms with E-state index < -0.39 is 0 Å². The number of phenolic OH excluding ortho intramolecular Hbond substituents is 1. The lowest BCUT2D eigenvalue weighted by molar-refractivity contribution is -0.114. The zero-order valence-corrected chi connectivity index (χ0v) is 17.1. The summed E-state index contributed by atoms with van der Waals surface area (Å²) in [5.74, 6) is 0.837.